The number of hydrogen-bond donors (Lipinski definition) is 0. The molecule has 3 rings (SSSR count). The van der Waals surface area contributed by atoms with Crippen molar-refractivity contribution in [2.75, 3.05) is 13.1 Å². The van der Waals surface area contributed by atoms with Gasteiger partial charge in [0.05, 0.1) is 6.67 Å². The molecule has 0 aliphatic carbocycles. The second-order valence-electron chi connectivity index (χ2n) is 4.97. The molecule has 1 aliphatic rings. The van der Waals surface area contributed by atoms with Crippen molar-refractivity contribution in [3.8, 4) is 5.69 Å². The Balaban J connectivity index is 1.94. The Bertz CT molecular complexity index is 608. The maximum Gasteiger partial charge on any atom is 0.203 e. The van der Waals surface area contributed by atoms with Crippen LogP contribution in [0.2, 0.25) is 0 Å². The van der Waals surface area contributed by atoms with Gasteiger partial charge in [0, 0.05) is 5.69 Å². The number of para-hydroxylation sites is 1. The highest BCUT2D eigenvalue weighted by molar-refractivity contribution is 7.71. The molecule has 0 spiro atoms. The number of aryl methyl sites for hydroxylation is 1. The van der Waals surface area contributed by atoms with E-state index in [2.05, 4.69) is 22.1 Å². The second-order valence-corrected chi connectivity index (χ2v) is 5.33. The van der Waals surface area contributed by atoms with Crippen LogP contribution in [-0.4, -0.2) is 32.3 Å². The van der Waals surface area contributed by atoms with Gasteiger partial charge in [-0.3, -0.25) is 9.47 Å². The Kier molecular flexibility index (Phi) is 3.48. The van der Waals surface area contributed by atoms with Crippen LogP contribution in [-0.2, 0) is 6.67 Å². The summed E-state index contributed by atoms with van der Waals surface area (Å²) in [6, 6.07) is 10.2. The lowest BCUT2D eigenvalue weighted by Crippen LogP contribution is -2.23. The summed E-state index contributed by atoms with van der Waals surface area (Å²) in [5.74, 6) is 0.940. The van der Waals surface area contributed by atoms with E-state index in [1.54, 1.807) is 0 Å². The van der Waals surface area contributed by atoms with Gasteiger partial charge in [-0.25, -0.2) is 4.68 Å². The predicted molar refractivity (Wildman–Crippen MR) is 77.9 cm³/mol. The van der Waals surface area contributed by atoms with Crippen molar-refractivity contribution in [2.24, 2.45) is 0 Å². The van der Waals surface area contributed by atoms with Gasteiger partial charge < -0.3 is 0 Å². The lowest BCUT2D eigenvalue weighted by atomic mass is 10.3. The third kappa shape index (κ3) is 2.48. The van der Waals surface area contributed by atoms with Crippen molar-refractivity contribution in [1.82, 2.24) is 19.2 Å². The zero-order valence-corrected chi connectivity index (χ0v) is 11.9. The highest BCUT2D eigenvalue weighted by atomic mass is 32.1. The van der Waals surface area contributed by atoms with E-state index in [1.165, 1.54) is 12.8 Å². The van der Waals surface area contributed by atoms with Crippen LogP contribution >= 0.6 is 12.2 Å². The molecule has 0 saturated carbocycles. The smallest absolute Gasteiger partial charge is 0.203 e. The summed E-state index contributed by atoms with van der Waals surface area (Å²) in [6.07, 6.45) is 2.57. The predicted octanol–water partition coefficient (Wildman–Crippen LogP) is 2.77. The Morgan fingerprint density at radius 2 is 1.84 bits per heavy atom. The summed E-state index contributed by atoms with van der Waals surface area (Å²) in [5, 5.41) is 4.58. The maximum absolute atomic E-state index is 5.57. The largest absolute Gasteiger partial charge is 0.284 e. The van der Waals surface area contributed by atoms with Crippen LogP contribution in [0, 0.1) is 11.7 Å². The minimum Gasteiger partial charge on any atom is -0.284 e. The molecule has 0 bridgehead atoms. The number of likely N-dealkylation sites (tertiary alicyclic amines) is 1. The average Bonchev–Trinajstić information content (AvgIpc) is 3.01. The topological polar surface area (TPSA) is 26.0 Å². The molecule has 0 atom stereocenters. The summed E-state index contributed by atoms with van der Waals surface area (Å²) < 4.78 is 4.74. The first-order valence-corrected chi connectivity index (χ1v) is 7.11. The highest BCUT2D eigenvalue weighted by Crippen LogP contribution is 2.13. The van der Waals surface area contributed by atoms with Crippen molar-refractivity contribution in [1.29, 1.82) is 0 Å². The van der Waals surface area contributed by atoms with Gasteiger partial charge in [0.15, 0.2) is 0 Å². The first-order chi connectivity index (χ1) is 9.25. The summed E-state index contributed by atoms with van der Waals surface area (Å²) in [7, 11) is 0. The standard InChI is InChI=1S/C14H18N4S/c1-12-15-17(11-16-9-5-6-10-16)14(19)18(12)13-7-3-2-4-8-13/h2-4,7-8H,5-6,9-11H2,1H3. The lowest BCUT2D eigenvalue weighted by Gasteiger charge is -2.13. The van der Waals surface area contributed by atoms with E-state index in [1.807, 2.05) is 34.4 Å². The molecular formula is C14H18N4S. The van der Waals surface area contributed by atoms with Crippen LogP contribution < -0.4 is 0 Å². The molecule has 4 nitrogen and oxygen atoms in total. The maximum atomic E-state index is 5.57. The van der Waals surface area contributed by atoms with Gasteiger partial charge in [0.2, 0.25) is 4.77 Å². The number of rotatable bonds is 3. The zero-order chi connectivity index (χ0) is 13.2. The molecule has 100 valence electrons. The van der Waals surface area contributed by atoms with E-state index in [-0.39, 0.29) is 0 Å². The van der Waals surface area contributed by atoms with Gasteiger partial charge in [-0.2, -0.15) is 5.10 Å². The molecule has 1 aliphatic heterocycles. The molecule has 2 aromatic rings. The van der Waals surface area contributed by atoms with Gasteiger partial charge in [-0.05, 0) is 57.2 Å². The quantitative estimate of drug-likeness (QED) is 0.805. The van der Waals surface area contributed by atoms with E-state index >= 15 is 0 Å². The minimum atomic E-state index is 0.774. The van der Waals surface area contributed by atoms with Gasteiger partial charge >= 0.3 is 0 Å². The molecule has 0 unspecified atom stereocenters. The molecule has 1 aromatic carbocycles. The van der Waals surface area contributed by atoms with Gasteiger partial charge in [-0.1, -0.05) is 18.2 Å². The number of hydrogen-bond acceptors (Lipinski definition) is 3. The summed E-state index contributed by atoms with van der Waals surface area (Å²) in [4.78, 5) is 2.40. The first-order valence-electron chi connectivity index (χ1n) is 6.70. The minimum absolute atomic E-state index is 0.774. The first kappa shape index (κ1) is 12.6. The van der Waals surface area contributed by atoms with Crippen molar-refractivity contribution < 1.29 is 0 Å². The Hall–Kier alpha value is -1.46. The molecule has 1 fully saturated rings. The van der Waals surface area contributed by atoms with E-state index in [4.69, 9.17) is 12.2 Å². The van der Waals surface area contributed by atoms with E-state index in [0.29, 0.717) is 0 Å². The molecule has 0 radical (unpaired) electrons. The monoisotopic (exact) mass is 274 g/mol. The molecule has 5 heteroatoms. The van der Waals surface area contributed by atoms with Crippen molar-refractivity contribution in [2.45, 2.75) is 26.4 Å². The summed E-state index contributed by atoms with van der Waals surface area (Å²) in [5.41, 5.74) is 1.08. The fourth-order valence-electron chi connectivity index (χ4n) is 2.60. The van der Waals surface area contributed by atoms with Crippen LogP contribution in [0.1, 0.15) is 18.7 Å². The Morgan fingerprint density at radius 1 is 1.16 bits per heavy atom. The van der Waals surface area contributed by atoms with Crippen LogP contribution in [0.15, 0.2) is 30.3 Å². The van der Waals surface area contributed by atoms with Gasteiger partial charge in [0.1, 0.15) is 5.82 Å². The van der Waals surface area contributed by atoms with E-state index < -0.39 is 0 Å². The van der Waals surface area contributed by atoms with Gasteiger partial charge in [0.25, 0.3) is 0 Å². The average molecular weight is 274 g/mol. The van der Waals surface area contributed by atoms with E-state index in [9.17, 15) is 0 Å². The molecule has 19 heavy (non-hydrogen) atoms. The third-order valence-corrected chi connectivity index (χ3v) is 3.94. The molecule has 2 heterocycles. The number of nitrogens with zero attached hydrogens (tertiary/aromatic N) is 4. The molecule has 1 aromatic heterocycles. The normalized spacial score (nSPS) is 16.1. The van der Waals surface area contributed by atoms with Crippen molar-refractivity contribution in [3.63, 3.8) is 0 Å². The third-order valence-electron chi connectivity index (χ3n) is 3.55. The van der Waals surface area contributed by atoms with Crippen LogP contribution in [0.25, 0.3) is 5.69 Å². The summed E-state index contributed by atoms with van der Waals surface area (Å²) in [6.45, 7) is 5.11. The van der Waals surface area contributed by atoms with Crippen LogP contribution in [0.4, 0.5) is 0 Å². The number of aromatic nitrogens is 3. The fourth-order valence-corrected chi connectivity index (χ4v) is 2.93. The molecule has 0 N–H and O–H groups in total. The Morgan fingerprint density at radius 3 is 2.53 bits per heavy atom. The lowest BCUT2D eigenvalue weighted by molar-refractivity contribution is 0.253. The van der Waals surface area contributed by atoms with E-state index in [0.717, 1.165) is 36.0 Å². The molecule has 0 amide bonds. The van der Waals surface area contributed by atoms with Gasteiger partial charge in [-0.15, -0.1) is 0 Å². The molecular weight excluding hydrogens is 256 g/mol. The molecule has 1 saturated heterocycles. The van der Waals surface area contributed by atoms with Crippen LogP contribution in [0.3, 0.4) is 0 Å². The second kappa shape index (κ2) is 5.27. The SMILES string of the molecule is Cc1nn(CN2CCCC2)c(=S)n1-c1ccccc1. The summed E-state index contributed by atoms with van der Waals surface area (Å²) >= 11 is 5.57. The highest BCUT2D eigenvalue weighted by Gasteiger charge is 2.15. The Labute approximate surface area is 118 Å². The zero-order valence-electron chi connectivity index (χ0n) is 11.1. The number of benzene rings is 1. The van der Waals surface area contributed by atoms with Crippen LogP contribution in [0.5, 0.6) is 0 Å². The van der Waals surface area contributed by atoms with Crippen molar-refractivity contribution in [3.05, 3.63) is 40.9 Å². The fraction of sp³-hybridized carbons (Fsp3) is 0.429. The van der Waals surface area contributed by atoms with Crippen molar-refractivity contribution >= 4 is 12.2 Å².